The molecule has 2 rings (SSSR count). The molecule has 0 aliphatic carbocycles. The minimum atomic E-state index is -0.768. The molecule has 0 saturated heterocycles. The maximum Gasteiger partial charge on any atom is 0.294 e. The van der Waals surface area contributed by atoms with Crippen LogP contribution in [0.25, 0.3) is 10.6 Å². The van der Waals surface area contributed by atoms with Crippen LogP contribution in [-0.4, -0.2) is 16.7 Å². The molecule has 0 aliphatic heterocycles. The predicted molar refractivity (Wildman–Crippen MR) is 66.8 cm³/mol. The van der Waals surface area contributed by atoms with E-state index in [0.717, 1.165) is 21.1 Å². The van der Waals surface area contributed by atoms with Crippen LogP contribution in [0.4, 0.5) is 0 Å². The van der Waals surface area contributed by atoms with Gasteiger partial charge in [-0.2, -0.15) is 11.3 Å². The van der Waals surface area contributed by atoms with Gasteiger partial charge in [-0.1, -0.05) is 0 Å². The van der Waals surface area contributed by atoms with Gasteiger partial charge >= 0.3 is 0 Å². The lowest BCUT2D eigenvalue weighted by atomic mass is 10.3. The normalized spacial score (nSPS) is 10.4. The summed E-state index contributed by atoms with van der Waals surface area (Å²) in [5.41, 5.74) is 2.02. The molecule has 17 heavy (non-hydrogen) atoms. The monoisotopic (exact) mass is 270 g/mol. The van der Waals surface area contributed by atoms with E-state index in [0.29, 0.717) is 6.42 Å². The fraction of sp³-hybridized carbons (Fsp3) is 0.300. The predicted octanol–water partition coefficient (Wildman–Crippen LogP) is 2.93. The zero-order chi connectivity index (χ0) is 12.3. The quantitative estimate of drug-likeness (QED) is 0.619. The Bertz CT molecular complexity index is 508. The first-order valence-corrected chi connectivity index (χ1v) is 6.69. The number of aromatic nitrogens is 1. The minimum Gasteiger partial charge on any atom is -0.314 e. The Hall–Kier alpha value is -1.47. The van der Waals surface area contributed by atoms with Gasteiger partial charge in [0, 0.05) is 22.2 Å². The molecule has 0 aromatic carbocycles. The third-order valence-corrected chi connectivity index (χ3v) is 4.14. The Morgan fingerprint density at radius 1 is 1.59 bits per heavy atom. The summed E-state index contributed by atoms with van der Waals surface area (Å²) in [6.07, 6.45) is 0.522. The molecule has 7 heteroatoms. The number of rotatable bonds is 5. The van der Waals surface area contributed by atoms with Crippen molar-refractivity contribution in [3.05, 3.63) is 37.5 Å². The fourth-order valence-corrected chi connectivity index (χ4v) is 3.14. The zero-order valence-corrected chi connectivity index (χ0v) is 10.7. The Morgan fingerprint density at radius 3 is 3.06 bits per heavy atom. The number of hydrogen-bond donors (Lipinski definition) is 0. The highest BCUT2D eigenvalue weighted by Gasteiger charge is 2.10. The van der Waals surface area contributed by atoms with E-state index in [4.69, 9.17) is 0 Å². The van der Waals surface area contributed by atoms with Gasteiger partial charge in [0.15, 0.2) is 0 Å². The molecule has 0 radical (unpaired) electrons. The van der Waals surface area contributed by atoms with Crippen molar-refractivity contribution in [1.29, 1.82) is 0 Å². The second kappa shape index (κ2) is 5.24. The summed E-state index contributed by atoms with van der Waals surface area (Å²) >= 11 is 3.19. The molecule has 90 valence electrons. The van der Waals surface area contributed by atoms with Gasteiger partial charge < -0.3 is 4.84 Å². The van der Waals surface area contributed by atoms with Crippen LogP contribution < -0.4 is 0 Å². The van der Waals surface area contributed by atoms with Gasteiger partial charge in [-0.25, -0.2) is 4.98 Å². The lowest BCUT2D eigenvalue weighted by Crippen LogP contribution is -2.04. The maximum absolute atomic E-state index is 10.0. The second-order valence-electron chi connectivity index (χ2n) is 3.35. The average Bonchev–Trinajstić information content (AvgIpc) is 2.87. The Labute approximate surface area is 106 Å². The molecule has 0 spiro atoms. The number of aryl methyl sites for hydroxylation is 1. The van der Waals surface area contributed by atoms with Crippen molar-refractivity contribution in [2.45, 2.75) is 13.3 Å². The molecule has 2 heterocycles. The average molecular weight is 270 g/mol. The van der Waals surface area contributed by atoms with Crippen LogP contribution in [-0.2, 0) is 11.3 Å². The molecule has 0 N–H and O–H groups in total. The van der Waals surface area contributed by atoms with Crippen molar-refractivity contribution in [2.24, 2.45) is 0 Å². The van der Waals surface area contributed by atoms with Gasteiger partial charge in [0.05, 0.1) is 5.69 Å². The standard InChI is InChI=1S/C10H10N2O3S2/c1-7-9(2-4-15-12(13)14)17-10(11-7)8-3-5-16-6-8/h3,5-6H,2,4H2,1H3. The van der Waals surface area contributed by atoms with E-state index in [1.165, 1.54) is 0 Å². The van der Waals surface area contributed by atoms with Gasteiger partial charge in [0.2, 0.25) is 0 Å². The van der Waals surface area contributed by atoms with E-state index >= 15 is 0 Å². The summed E-state index contributed by atoms with van der Waals surface area (Å²) in [4.78, 5) is 19.8. The first-order valence-electron chi connectivity index (χ1n) is 4.93. The summed E-state index contributed by atoms with van der Waals surface area (Å²) in [6, 6.07) is 2.01. The molecule has 0 saturated carbocycles. The first-order chi connectivity index (χ1) is 8.16. The molecule has 0 atom stereocenters. The molecular weight excluding hydrogens is 260 g/mol. The molecule has 2 aromatic heterocycles. The lowest BCUT2D eigenvalue weighted by Gasteiger charge is -1.96. The molecular formula is C10H10N2O3S2. The fourth-order valence-electron chi connectivity index (χ4n) is 1.38. The molecule has 0 amide bonds. The summed E-state index contributed by atoms with van der Waals surface area (Å²) in [7, 11) is 0. The van der Waals surface area contributed by atoms with Crippen molar-refractivity contribution in [1.82, 2.24) is 4.98 Å². The largest absolute Gasteiger partial charge is 0.314 e. The van der Waals surface area contributed by atoms with Gasteiger partial charge in [-0.05, 0) is 18.4 Å². The van der Waals surface area contributed by atoms with Crippen molar-refractivity contribution < 1.29 is 9.92 Å². The van der Waals surface area contributed by atoms with Crippen molar-refractivity contribution in [3.8, 4) is 10.6 Å². The van der Waals surface area contributed by atoms with E-state index in [-0.39, 0.29) is 6.61 Å². The smallest absolute Gasteiger partial charge is 0.294 e. The lowest BCUT2D eigenvalue weighted by molar-refractivity contribution is -0.757. The second-order valence-corrected chi connectivity index (χ2v) is 5.21. The van der Waals surface area contributed by atoms with Crippen molar-refractivity contribution >= 4 is 22.7 Å². The minimum absolute atomic E-state index is 0.0825. The molecule has 0 bridgehead atoms. The van der Waals surface area contributed by atoms with E-state index in [1.807, 2.05) is 23.8 Å². The van der Waals surface area contributed by atoms with Gasteiger partial charge in [0.25, 0.3) is 5.09 Å². The topological polar surface area (TPSA) is 65.3 Å². The van der Waals surface area contributed by atoms with Crippen molar-refractivity contribution in [3.63, 3.8) is 0 Å². The van der Waals surface area contributed by atoms with E-state index in [9.17, 15) is 10.1 Å². The molecule has 0 fully saturated rings. The summed E-state index contributed by atoms with van der Waals surface area (Å²) < 4.78 is 0. The highest BCUT2D eigenvalue weighted by molar-refractivity contribution is 7.15. The molecule has 2 aromatic rings. The Kier molecular flexibility index (Phi) is 3.70. The SMILES string of the molecule is Cc1nc(-c2ccsc2)sc1CCO[N+](=O)[O-]. The molecule has 0 aliphatic rings. The van der Waals surface area contributed by atoms with Crippen LogP contribution in [0.1, 0.15) is 10.6 Å². The van der Waals surface area contributed by atoms with Crippen molar-refractivity contribution in [2.75, 3.05) is 6.61 Å². The van der Waals surface area contributed by atoms with Crippen LogP contribution in [0.15, 0.2) is 16.8 Å². The number of thiazole rings is 1. The summed E-state index contributed by atoms with van der Waals surface area (Å²) in [6.45, 7) is 1.99. The summed E-state index contributed by atoms with van der Waals surface area (Å²) in [5.74, 6) is 0. The zero-order valence-electron chi connectivity index (χ0n) is 9.08. The number of hydrogen-bond acceptors (Lipinski definition) is 6. The van der Waals surface area contributed by atoms with Crippen LogP contribution in [0, 0.1) is 17.0 Å². The highest BCUT2D eigenvalue weighted by atomic mass is 32.1. The Balaban J connectivity index is 2.06. The van der Waals surface area contributed by atoms with Crippen LogP contribution in [0.3, 0.4) is 0 Å². The van der Waals surface area contributed by atoms with Crippen LogP contribution in [0.5, 0.6) is 0 Å². The summed E-state index contributed by atoms with van der Waals surface area (Å²) in [5, 5.41) is 14.3. The first kappa shape index (κ1) is 12.0. The molecule has 0 unspecified atom stereocenters. The van der Waals surface area contributed by atoms with Gasteiger partial charge in [0.1, 0.15) is 11.6 Å². The van der Waals surface area contributed by atoms with Crippen LogP contribution >= 0.6 is 22.7 Å². The molecule has 5 nitrogen and oxygen atoms in total. The van der Waals surface area contributed by atoms with Crippen LogP contribution in [0.2, 0.25) is 0 Å². The maximum atomic E-state index is 10.0. The highest BCUT2D eigenvalue weighted by Crippen LogP contribution is 2.29. The third-order valence-electron chi connectivity index (χ3n) is 2.19. The van der Waals surface area contributed by atoms with E-state index < -0.39 is 5.09 Å². The Morgan fingerprint density at radius 2 is 2.41 bits per heavy atom. The van der Waals surface area contributed by atoms with E-state index in [1.54, 1.807) is 22.7 Å². The number of nitrogens with zero attached hydrogens (tertiary/aromatic N) is 2. The third kappa shape index (κ3) is 3.01. The van der Waals surface area contributed by atoms with E-state index in [2.05, 4.69) is 9.82 Å². The van der Waals surface area contributed by atoms with Gasteiger partial charge in [-0.15, -0.1) is 21.5 Å². The van der Waals surface area contributed by atoms with Gasteiger partial charge in [-0.3, -0.25) is 0 Å². The number of thiophene rings is 1.